The van der Waals surface area contributed by atoms with Crippen LogP contribution in [0.4, 0.5) is 15.3 Å². The summed E-state index contributed by atoms with van der Waals surface area (Å²) in [6, 6.07) is 11.2. The minimum absolute atomic E-state index is 0.0265. The number of phenols is 1. The molecule has 6 rings (SSSR count). The highest BCUT2D eigenvalue weighted by Gasteiger charge is 2.36. The molecule has 3 N–H and O–H groups in total. The normalized spacial score (nSPS) is 20.1. The van der Waals surface area contributed by atoms with Gasteiger partial charge in [-0.2, -0.15) is 0 Å². The van der Waals surface area contributed by atoms with E-state index in [1.54, 1.807) is 21.9 Å². The van der Waals surface area contributed by atoms with Crippen molar-refractivity contribution < 1.29 is 34.2 Å². The predicted octanol–water partition coefficient (Wildman–Crippen LogP) is 2.01. The molecule has 2 aromatic carbocycles. The molecule has 52 heavy (non-hydrogen) atoms. The summed E-state index contributed by atoms with van der Waals surface area (Å²) in [5.74, 6) is -0.711. The number of benzene rings is 2. The van der Waals surface area contributed by atoms with Crippen molar-refractivity contribution in [2.45, 2.75) is 56.7 Å². The van der Waals surface area contributed by atoms with Gasteiger partial charge in [0, 0.05) is 90.1 Å². The van der Waals surface area contributed by atoms with E-state index in [2.05, 4.69) is 26.1 Å². The molecule has 3 fully saturated rings. The molecule has 0 unspecified atom stereocenters. The number of carbonyl (C=O) groups excluding carboxylic acids is 4. The number of para-hydroxylation sites is 1. The fourth-order valence-corrected chi connectivity index (χ4v) is 8.25. The number of rotatable bonds is 8. The topological polar surface area (TPSA) is 149 Å². The first-order valence-corrected chi connectivity index (χ1v) is 18.8. The van der Waals surface area contributed by atoms with Crippen LogP contribution in [-0.2, 0) is 27.2 Å². The monoisotopic (exact) mass is 779 g/mol. The van der Waals surface area contributed by atoms with Gasteiger partial charge in [0.2, 0.25) is 0 Å². The van der Waals surface area contributed by atoms with Gasteiger partial charge in [0.1, 0.15) is 13.6 Å². The third-order valence-electron chi connectivity index (χ3n) is 10.8. The van der Waals surface area contributed by atoms with Crippen LogP contribution in [0.15, 0.2) is 40.9 Å². The maximum atomic E-state index is 14.1. The minimum atomic E-state index is -1.10. The van der Waals surface area contributed by atoms with Gasteiger partial charge >= 0.3 is 12.1 Å². The number of likely N-dealkylation sites (tertiary alicyclic amines) is 2. The molecular weight excluding hydrogens is 733 g/mol. The van der Waals surface area contributed by atoms with Gasteiger partial charge in [-0.3, -0.25) is 24.6 Å². The van der Waals surface area contributed by atoms with E-state index in [4.69, 9.17) is 12.6 Å². The number of carbonyl (C=O) groups is 4. The van der Waals surface area contributed by atoms with E-state index < -0.39 is 12.2 Å². The number of hydrogen-bond donors (Lipinski definition) is 3. The quantitative estimate of drug-likeness (QED) is 0.208. The van der Waals surface area contributed by atoms with Crippen molar-refractivity contribution in [1.82, 2.24) is 29.6 Å². The van der Waals surface area contributed by atoms with Crippen molar-refractivity contribution in [1.29, 1.82) is 0 Å². The number of ether oxygens (including phenoxy) is 1. The van der Waals surface area contributed by atoms with Crippen molar-refractivity contribution in [3.05, 3.63) is 52.0 Å². The molecule has 2 radical (unpaired) electrons. The van der Waals surface area contributed by atoms with E-state index >= 15 is 0 Å². The Balaban J connectivity index is 1.05. The summed E-state index contributed by atoms with van der Waals surface area (Å²) in [4.78, 5) is 62.4. The number of piperidine rings is 2. The Labute approximate surface area is 314 Å². The zero-order valence-electron chi connectivity index (χ0n) is 29.6. The SMILES string of the molecule is [B]c1cc(C[C@@H](OC(=O)N2CCC(N3CCc4ccccc4NC3=O)CC2)C(=O)N2CCN(C3CCN(CC(=O)N(C)O)CC3)CC2)cc(Br)c1O. The van der Waals surface area contributed by atoms with E-state index in [1.165, 1.54) is 7.05 Å². The van der Waals surface area contributed by atoms with Gasteiger partial charge in [-0.25, -0.2) is 14.7 Å². The minimum Gasteiger partial charge on any atom is -0.507 e. The van der Waals surface area contributed by atoms with E-state index in [1.807, 2.05) is 34.1 Å². The Kier molecular flexibility index (Phi) is 12.3. The number of likely N-dealkylation sites (N-methyl/N-ethyl adjacent to an activating group) is 1. The number of nitrogens with zero attached hydrogens (tertiary/aromatic N) is 6. The molecule has 0 bridgehead atoms. The Morgan fingerprint density at radius 1 is 0.962 bits per heavy atom. The summed E-state index contributed by atoms with van der Waals surface area (Å²) in [6.07, 6.45) is 2.11. The number of piperazine rings is 1. The third kappa shape index (κ3) is 9.01. The van der Waals surface area contributed by atoms with Gasteiger partial charge < -0.3 is 29.9 Å². The number of fused-ring (bicyclic) bond motifs is 1. The Bertz CT molecular complexity index is 1600. The molecule has 3 saturated heterocycles. The lowest BCUT2D eigenvalue weighted by Gasteiger charge is -2.43. The molecule has 278 valence electrons. The summed E-state index contributed by atoms with van der Waals surface area (Å²) in [7, 11) is 7.36. The van der Waals surface area contributed by atoms with Crippen molar-refractivity contribution in [3.8, 4) is 5.75 Å². The summed E-state index contributed by atoms with van der Waals surface area (Å²) >= 11 is 3.32. The number of halogens is 1. The smallest absolute Gasteiger partial charge is 0.410 e. The van der Waals surface area contributed by atoms with E-state index in [9.17, 15) is 29.5 Å². The van der Waals surface area contributed by atoms with Crippen molar-refractivity contribution in [2.75, 3.05) is 77.8 Å². The van der Waals surface area contributed by atoms with Crippen LogP contribution in [0, 0.1) is 0 Å². The maximum Gasteiger partial charge on any atom is 0.410 e. The van der Waals surface area contributed by atoms with Gasteiger partial charge in [0.05, 0.1) is 11.0 Å². The third-order valence-corrected chi connectivity index (χ3v) is 11.4. The molecule has 0 aromatic heterocycles. The van der Waals surface area contributed by atoms with Crippen molar-refractivity contribution in [3.63, 3.8) is 0 Å². The average Bonchev–Trinajstić information content (AvgIpc) is 3.31. The highest BCUT2D eigenvalue weighted by molar-refractivity contribution is 9.10. The van der Waals surface area contributed by atoms with Crippen LogP contribution in [0.2, 0.25) is 0 Å². The first kappa shape index (κ1) is 37.9. The molecule has 5 amide bonds. The zero-order valence-corrected chi connectivity index (χ0v) is 31.2. The second kappa shape index (κ2) is 16.9. The van der Waals surface area contributed by atoms with Gasteiger partial charge in [-0.05, 0) is 71.3 Å². The summed E-state index contributed by atoms with van der Waals surface area (Å²) in [5, 5.41) is 23.2. The van der Waals surface area contributed by atoms with Gasteiger partial charge in [0.15, 0.2) is 6.10 Å². The molecule has 4 aliphatic rings. The van der Waals surface area contributed by atoms with Gasteiger partial charge in [-0.1, -0.05) is 29.7 Å². The first-order valence-electron chi connectivity index (χ1n) is 18.1. The fraction of sp³-hybridized carbons (Fsp3) is 0.556. The molecule has 16 heteroatoms. The second-order valence-electron chi connectivity index (χ2n) is 14.1. The lowest BCUT2D eigenvalue weighted by Crippen LogP contribution is -2.57. The van der Waals surface area contributed by atoms with E-state index in [0.717, 1.165) is 43.6 Å². The molecule has 4 heterocycles. The molecule has 0 spiro atoms. The van der Waals surface area contributed by atoms with Crippen molar-refractivity contribution in [2.24, 2.45) is 0 Å². The van der Waals surface area contributed by atoms with E-state index in [-0.39, 0.29) is 48.1 Å². The predicted molar refractivity (Wildman–Crippen MR) is 198 cm³/mol. The maximum absolute atomic E-state index is 14.1. The summed E-state index contributed by atoms with van der Waals surface area (Å²) < 4.78 is 6.39. The molecule has 0 aliphatic carbocycles. The van der Waals surface area contributed by atoms with Crippen LogP contribution in [0.25, 0.3) is 0 Å². The molecule has 14 nitrogen and oxygen atoms in total. The van der Waals surface area contributed by atoms with Crippen molar-refractivity contribution >= 4 is 58.9 Å². The number of phenolic OH excluding ortho intramolecular Hbond substituents is 1. The summed E-state index contributed by atoms with van der Waals surface area (Å²) in [5.41, 5.74) is 2.72. The van der Waals surface area contributed by atoms with Crippen LogP contribution in [0.3, 0.4) is 0 Å². The molecule has 4 aliphatic heterocycles. The Morgan fingerprint density at radius 3 is 2.31 bits per heavy atom. The number of amides is 5. The highest BCUT2D eigenvalue weighted by Crippen LogP contribution is 2.27. The lowest BCUT2D eigenvalue weighted by molar-refractivity contribution is -0.160. The molecular formula is C36H47BBrN7O7. The number of urea groups is 1. The Hall–Kier alpha value is -3.86. The average molecular weight is 781 g/mol. The molecule has 1 atom stereocenters. The van der Waals surface area contributed by atoms with Crippen LogP contribution in [-0.4, -0.2) is 162 Å². The van der Waals surface area contributed by atoms with Gasteiger partial charge in [0.25, 0.3) is 11.8 Å². The van der Waals surface area contributed by atoms with E-state index in [0.29, 0.717) is 79.8 Å². The second-order valence-corrected chi connectivity index (χ2v) is 15.0. The van der Waals surface area contributed by atoms with Gasteiger partial charge in [-0.15, -0.1) is 0 Å². The van der Waals surface area contributed by atoms with Crippen LogP contribution in [0.5, 0.6) is 5.75 Å². The summed E-state index contributed by atoms with van der Waals surface area (Å²) in [6.45, 7) is 5.38. The first-order chi connectivity index (χ1) is 25.0. The molecule has 2 aromatic rings. The lowest BCUT2D eigenvalue weighted by atomic mass is 9.91. The Morgan fingerprint density at radius 2 is 1.63 bits per heavy atom. The largest absolute Gasteiger partial charge is 0.507 e. The highest BCUT2D eigenvalue weighted by atomic mass is 79.9. The fourth-order valence-electron chi connectivity index (χ4n) is 7.73. The van der Waals surface area contributed by atoms with Crippen LogP contribution >= 0.6 is 15.9 Å². The van der Waals surface area contributed by atoms with Crippen LogP contribution < -0.4 is 10.8 Å². The number of hydrogen-bond acceptors (Lipinski definition) is 9. The molecule has 0 saturated carbocycles. The number of nitrogens with one attached hydrogen (secondary N) is 1. The number of hydroxylamine groups is 2. The zero-order chi connectivity index (χ0) is 36.9. The standard InChI is InChI=1S/C36H47BBrN7O7/c1-40(51)32(46)23-41-11-7-26(8-12-41)42-16-18-43(19-17-42)34(48)31(22-24-20-28(37)33(47)29(38)21-24)52-36(50)44-13-9-27(10-14-44)45-15-6-25-4-2-3-5-30(25)39-35(45)49/h2-5,20-21,26-27,31,47,51H,6-19,22-23H2,1H3,(H,39,49)/t31-/m1/s1. The number of aromatic hydroxyl groups is 1. The number of anilines is 1. The van der Waals surface area contributed by atoms with Crippen LogP contribution in [0.1, 0.15) is 36.8 Å².